The SMILES string of the molecule is CN=C(NCC1CCN(C2CC2)C1)N1CCN(c2ccccn2)CC1.I. The van der Waals surface area contributed by atoms with Gasteiger partial charge in [0.1, 0.15) is 5.82 Å². The van der Waals surface area contributed by atoms with Gasteiger partial charge in [0.05, 0.1) is 0 Å². The number of nitrogens with zero attached hydrogens (tertiary/aromatic N) is 5. The van der Waals surface area contributed by atoms with Gasteiger partial charge in [-0.25, -0.2) is 4.98 Å². The van der Waals surface area contributed by atoms with Crippen molar-refractivity contribution in [3.05, 3.63) is 24.4 Å². The molecule has 3 fully saturated rings. The van der Waals surface area contributed by atoms with Crippen molar-refractivity contribution in [3.8, 4) is 0 Å². The Morgan fingerprint density at radius 3 is 2.62 bits per heavy atom. The van der Waals surface area contributed by atoms with Gasteiger partial charge in [-0.1, -0.05) is 6.07 Å². The molecule has 144 valence electrons. The third kappa shape index (κ3) is 4.79. The molecule has 0 amide bonds. The van der Waals surface area contributed by atoms with E-state index in [0.29, 0.717) is 0 Å². The van der Waals surface area contributed by atoms with Gasteiger partial charge in [-0.05, 0) is 43.9 Å². The fourth-order valence-corrected chi connectivity index (χ4v) is 4.06. The van der Waals surface area contributed by atoms with Crippen LogP contribution in [0.25, 0.3) is 0 Å². The van der Waals surface area contributed by atoms with Crippen molar-refractivity contribution in [1.29, 1.82) is 0 Å². The van der Waals surface area contributed by atoms with Crippen LogP contribution >= 0.6 is 24.0 Å². The molecule has 4 rings (SSSR count). The maximum absolute atomic E-state index is 4.52. The Morgan fingerprint density at radius 1 is 1.15 bits per heavy atom. The zero-order valence-corrected chi connectivity index (χ0v) is 18.0. The minimum absolute atomic E-state index is 0. The molecule has 2 saturated heterocycles. The number of piperazine rings is 1. The van der Waals surface area contributed by atoms with Gasteiger partial charge < -0.3 is 20.0 Å². The number of nitrogens with one attached hydrogen (secondary N) is 1. The molecular formula is C19H31IN6. The summed E-state index contributed by atoms with van der Waals surface area (Å²) in [7, 11) is 1.90. The summed E-state index contributed by atoms with van der Waals surface area (Å²) in [5.74, 6) is 2.91. The average molecular weight is 470 g/mol. The van der Waals surface area contributed by atoms with E-state index in [1.807, 2.05) is 19.3 Å². The lowest BCUT2D eigenvalue weighted by Gasteiger charge is -2.37. The van der Waals surface area contributed by atoms with E-state index in [9.17, 15) is 0 Å². The molecule has 0 aromatic carbocycles. The molecule has 26 heavy (non-hydrogen) atoms. The van der Waals surface area contributed by atoms with Gasteiger partial charge in [-0.15, -0.1) is 24.0 Å². The lowest BCUT2D eigenvalue weighted by Crippen LogP contribution is -2.53. The molecule has 1 saturated carbocycles. The summed E-state index contributed by atoms with van der Waals surface area (Å²) in [5, 5.41) is 3.63. The van der Waals surface area contributed by atoms with E-state index >= 15 is 0 Å². The van der Waals surface area contributed by atoms with Crippen molar-refractivity contribution in [3.63, 3.8) is 0 Å². The van der Waals surface area contributed by atoms with Gasteiger partial charge >= 0.3 is 0 Å². The molecule has 3 aliphatic rings. The molecule has 1 aromatic rings. The Balaban J connectivity index is 0.00000196. The van der Waals surface area contributed by atoms with Crippen LogP contribution in [0.2, 0.25) is 0 Å². The summed E-state index contributed by atoms with van der Waals surface area (Å²) in [5.41, 5.74) is 0. The maximum Gasteiger partial charge on any atom is 0.193 e. The Kier molecular flexibility index (Phi) is 6.97. The van der Waals surface area contributed by atoms with Crippen LogP contribution in [0.15, 0.2) is 29.4 Å². The molecule has 0 bridgehead atoms. The highest BCUT2D eigenvalue weighted by molar-refractivity contribution is 14.0. The Hall–Kier alpha value is -1.09. The van der Waals surface area contributed by atoms with Crippen LogP contribution in [0.5, 0.6) is 0 Å². The third-order valence-corrected chi connectivity index (χ3v) is 5.69. The van der Waals surface area contributed by atoms with Gasteiger partial charge in [0, 0.05) is 58.6 Å². The number of halogens is 1. The number of aromatic nitrogens is 1. The molecule has 0 spiro atoms. The zero-order chi connectivity index (χ0) is 17.1. The van der Waals surface area contributed by atoms with Crippen LogP contribution < -0.4 is 10.2 Å². The first-order valence-electron chi connectivity index (χ1n) is 9.69. The molecule has 1 N–H and O–H groups in total. The van der Waals surface area contributed by atoms with E-state index < -0.39 is 0 Å². The minimum atomic E-state index is 0. The Labute approximate surface area is 174 Å². The summed E-state index contributed by atoms with van der Waals surface area (Å²) in [6.07, 6.45) is 6.04. The number of rotatable bonds is 4. The molecule has 6 nitrogen and oxygen atoms in total. The van der Waals surface area contributed by atoms with E-state index in [2.05, 4.69) is 42.1 Å². The van der Waals surface area contributed by atoms with E-state index in [4.69, 9.17) is 0 Å². The summed E-state index contributed by atoms with van der Waals surface area (Å²) in [6, 6.07) is 7.03. The fourth-order valence-electron chi connectivity index (χ4n) is 4.06. The molecule has 7 heteroatoms. The number of guanidine groups is 1. The summed E-state index contributed by atoms with van der Waals surface area (Å²) < 4.78 is 0. The number of hydrogen-bond acceptors (Lipinski definition) is 4. The van der Waals surface area contributed by atoms with Gasteiger partial charge in [0.25, 0.3) is 0 Å². The number of likely N-dealkylation sites (tertiary alicyclic amines) is 1. The standard InChI is InChI=1S/C19H30N6.HI/c1-20-19(22-14-16-7-9-25(15-16)17-5-6-17)24-12-10-23(11-13-24)18-4-2-3-8-21-18;/h2-4,8,16-17H,5-7,9-15H2,1H3,(H,20,22);1H. The Bertz CT molecular complexity index is 583. The second-order valence-electron chi connectivity index (χ2n) is 7.47. The van der Waals surface area contributed by atoms with Gasteiger partial charge in [-0.2, -0.15) is 0 Å². The van der Waals surface area contributed by atoms with Crippen LogP contribution in [0.1, 0.15) is 19.3 Å². The highest BCUT2D eigenvalue weighted by Crippen LogP contribution is 2.31. The zero-order valence-electron chi connectivity index (χ0n) is 15.7. The number of hydrogen-bond donors (Lipinski definition) is 1. The quantitative estimate of drug-likeness (QED) is 0.414. The second kappa shape index (κ2) is 9.21. The van der Waals surface area contributed by atoms with Crippen molar-refractivity contribution in [2.45, 2.75) is 25.3 Å². The van der Waals surface area contributed by atoms with Crippen LogP contribution in [0.3, 0.4) is 0 Å². The first kappa shape index (κ1) is 19.7. The van der Waals surface area contributed by atoms with Crippen LogP contribution in [0, 0.1) is 5.92 Å². The molecule has 3 heterocycles. The van der Waals surface area contributed by atoms with Crippen LogP contribution in [-0.2, 0) is 0 Å². The lowest BCUT2D eigenvalue weighted by atomic mass is 10.1. The normalized spacial score (nSPS) is 24.5. The molecule has 1 aliphatic carbocycles. The van der Waals surface area contributed by atoms with Gasteiger partial charge in [0.15, 0.2) is 5.96 Å². The first-order valence-corrected chi connectivity index (χ1v) is 9.69. The van der Waals surface area contributed by atoms with E-state index in [-0.39, 0.29) is 24.0 Å². The van der Waals surface area contributed by atoms with Crippen molar-refractivity contribution >= 4 is 35.8 Å². The molecule has 1 unspecified atom stereocenters. The molecule has 1 aromatic heterocycles. The van der Waals surface area contributed by atoms with Gasteiger partial charge in [-0.3, -0.25) is 4.99 Å². The van der Waals surface area contributed by atoms with Crippen molar-refractivity contribution in [2.75, 3.05) is 57.8 Å². The summed E-state index contributed by atoms with van der Waals surface area (Å²) in [4.78, 5) is 16.4. The predicted molar refractivity (Wildman–Crippen MR) is 118 cm³/mol. The topological polar surface area (TPSA) is 47.0 Å². The van der Waals surface area contributed by atoms with Gasteiger partial charge in [0.2, 0.25) is 0 Å². The van der Waals surface area contributed by atoms with E-state index in [1.54, 1.807) is 0 Å². The molecule has 0 radical (unpaired) electrons. The lowest BCUT2D eigenvalue weighted by molar-refractivity contribution is 0.312. The smallest absolute Gasteiger partial charge is 0.193 e. The maximum atomic E-state index is 4.52. The van der Waals surface area contributed by atoms with Crippen LogP contribution in [-0.4, -0.2) is 79.6 Å². The monoisotopic (exact) mass is 470 g/mol. The second-order valence-corrected chi connectivity index (χ2v) is 7.47. The number of aliphatic imine (C=N–C) groups is 1. The number of pyridine rings is 1. The summed E-state index contributed by atoms with van der Waals surface area (Å²) >= 11 is 0. The molecular weight excluding hydrogens is 439 g/mol. The van der Waals surface area contributed by atoms with E-state index in [0.717, 1.165) is 56.5 Å². The highest BCUT2D eigenvalue weighted by Gasteiger charge is 2.34. The average Bonchev–Trinajstić information content (AvgIpc) is 3.42. The first-order chi connectivity index (χ1) is 12.3. The fraction of sp³-hybridized carbons (Fsp3) is 0.684. The Morgan fingerprint density at radius 2 is 1.96 bits per heavy atom. The number of anilines is 1. The predicted octanol–water partition coefficient (Wildman–Crippen LogP) is 1.88. The summed E-state index contributed by atoms with van der Waals surface area (Å²) in [6.45, 7) is 7.59. The largest absolute Gasteiger partial charge is 0.356 e. The minimum Gasteiger partial charge on any atom is -0.356 e. The molecule has 2 aliphatic heterocycles. The van der Waals surface area contributed by atoms with Crippen molar-refractivity contribution in [1.82, 2.24) is 20.1 Å². The van der Waals surface area contributed by atoms with Crippen LogP contribution in [0.4, 0.5) is 5.82 Å². The molecule has 1 atom stereocenters. The van der Waals surface area contributed by atoms with Crippen molar-refractivity contribution in [2.24, 2.45) is 10.9 Å². The third-order valence-electron chi connectivity index (χ3n) is 5.69. The van der Waals surface area contributed by atoms with Crippen molar-refractivity contribution < 1.29 is 0 Å². The van der Waals surface area contributed by atoms with E-state index in [1.165, 1.54) is 32.4 Å². The highest BCUT2D eigenvalue weighted by atomic mass is 127.